The van der Waals surface area contributed by atoms with Crippen molar-refractivity contribution in [2.45, 2.75) is 51.8 Å². The SMILES string of the molecule is CCCC1(C)CN(C(=O)OCc2ccccc2)CCN1C(=S)NC(C)c1ccc(F)cc1. The molecule has 2 aromatic carbocycles. The lowest BCUT2D eigenvalue weighted by molar-refractivity contribution is 0.0326. The summed E-state index contributed by atoms with van der Waals surface area (Å²) in [5.74, 6) is -0.255. The van der Waals surface area contributed by atoms with Crippen LogP contribution in [0.3, 0.4) is 0 Å². The molecule has 1 amide bonds. The van der Waals surface area contributed by atoms with E-state index in [1.165, 1.54) is 12.1 Å². The minimum atomic E-state index is -0.300. The molecule has 0 aromatic heterocycles. The predicted octanol–water partition coefficient (Wildman–Crippen LogP) is 5.27. The van der Waals surface area contributed by atoms with Crippen LogP contribution in [-0.2, 0) is 11.3 Å². The summed E-state index contributed by atoms with van der Waals surface area (Å²) in [6.07, 6.45) is 1.56. The molecule has 1 saturated heterocycles. The maximum absolute atomic E-state index is 13.2. The molecule has 1 fully saturated rings. The number of piperazine rings is 1. The first kappa shape index (κ1) is 24.0. The Morgan fingerprint density at radius 2 is 1.88 bits per heavy atom. The quantitative estimate of drug-likeness (QED) is 0.599. The van der Waals surface area contributed by atoms with Gasteiger partial charge in [-0.3, -0.25) is 0 Å². The summed E-state index contributed by atoms with van der Waals surface area (Å²) in [5.41, 5.74) is 1.63. The molecular formula is C25H32FN3O2S. The fourth-order valence-electron chi connectivity index (χ4n) is 4.23. The van der Waals surface area contributed by atoms with Gasteiger partial charge in [-0.25, -0.2) is 9.18 Å². The minimum absolute atomic E-state index is 0.0529. The lowest BCUT2D eigenvalue weighted by Crippen LogP contribution is -2.65. The number of thiocarbonyl (C=S) groups is 1. The largest absolute Gasteiger partial charge is 0.445 e. The zero-order valence-corrected chi connectivity index (χ0v) is 19.8. The third kappa shape index (κ3) is 5.97. The van der Waals surface area contributed by atoms with Gasteiger partial charge in [0.2, 0.25) is 0 Å². The second-order valence-electron chi connectivity index (χ2n) is 8.58. The minimum Gasteiger partial charge on any atom is -0.445 e. The van der Waals surface area contributed by atoms with E-state index >= 15 is 0 Å². The van der Waals surface area contributed by atoms with E-state index in [1.54, 1.807) is 17.0 Å². The summed E-state index contributed by atoms with van der Waals surface area (Å²) in [5, 5.41) is 4.04. The Balaban J connectivity index is 1.63. The van der Waals surface area contributed by atoms with Gasteiger partial charge in [0.05, 0.1) is 11.6 Å². The molecule has 0 radical (unpaired) electrons. The molecule has 7 heteroatoms. The lowest BCUT2D eigenvalue weighted by Gasteiger charge is -2.50. The second-order valence-corrected chi connectivity index (χ2v) is 8.97. The zero-order valence-electron chi connectivity index (χ0n) is 19.0. The third-order valence-electron chi connectivity index (χ3n) is 5.98. The average molecular weight is 458 g/mol. The number of carbonyl (C=O) groups is 1. The molecule has 1 heterocycles. The molecule has 1 aliphatic rings. The van der Waals surface area contributed by atoms with Crippen molar-refractivity contribution in [1.82, 2.24) is 15.1 Å². The molecule has 0 spiro atoms. The molecule has 2 atom stereocenters. The standard InChI is InChI=1S/C25H32FN3O2S/c1-4-14-25(3)18-28(24(30)31-17-20-8-6-5-7-9-20)15-16-29(25)23(32)27-19(2)21-10-12-22(26)13-11-21/h5-13,19H,4,14-18H2,1-3H3,(H,27,32). The summed E-state index contributed by atoms with van der Waals surface area (Å²) in [6, 6.07) is 16.1. The number of amides is 1. The predicted molar refractivity (Wildman–Crippen MR) is 129 cm³/mol. The smallest absolute Gasteiger partial charge is 0.410 e. The van der Waals surface area contributed by atoms with Gasteiger partial charge >= 0.3 is 6.09 Å². The highest BCUT2D eigenvalue weighted by atomic mass is 32.1. The van der Waals surface area contributed by atoms with Crippen molar-refractivity contribution in [2.24, 2.45) is 0 Å². The van der Waals surface area contributed by atoms with E-state index in [-0.39, 0.29) is 30.1 Å². The van der Waals surface area contributed by atoms with Gasteiger partial charge in [0.25, 0.3) is 0 Å². The topological polar surface area (TPSA) is 44.8 Å². The van der Waals surface area contributed by atoms with Gasteiger partial charge in [-0.05, 0) is 55.7 Å². The molecule has 0 saturated carbocycles. The van der Waals surface area contributed by atoms with Crippen molar-refractivity contribution in [3.8, 4) is 0 Å². The average Bonchev–Trinajstić information content (AvgIpc) is 2.78. The van der Waals surface area contributed by atoms with Crippen LogP contribution >= 0.6 is 12.2 Å². The lowest BCUT2D eigenvalue weighted by atomic mass is 9.91. The van der Waals surface area contributed by atoms with E-state index in [4.69, 9.17) is 17.0 Å². The number of nitrogens with one attached hydrogen (secondary N) is 1. The molecule has 32 heavy (non-hydrogen) atoms. The molecule has 1 N–H and O–H groups in total. The number of benzene rings is 2. The Kier molecular flexibility index (Phi) is 8.07. The van der Waals surface area contributed by atoms with Crippen molar-refractivity contribution in [1.29, 1.82) is 0 Å². The van der Waals surface area contributed by atoms with Crippen LogP contribution in [0.2, 0.25) is 0 Å². The van der Waals surface area contributed by atoms with E-state index in [9.17, 15) is 9.18 Å². The summed E-state index contributed by atoms with van der Waals surface area (Å²) in [6.45, 7) is 8.25. The number of hydrogen-bond donors (Lipinski definition) is 1. The molecule has 172 valence electrons. The van der Waals surface area contributed by atoms with Crippen molar-refractivity contribution in [3.63, 3.8) is 0 Å². The van der Waals surface area contributed by atoms with E-state index in [0.29, 0.717) is 24.7 Å². The van der Waals surface area contributed by atoms with Crippen molar-refractivity contribution in [3.05, 3.63) is 71.5 Å². The van der Waals surface area contributed by atoms with Gasteiger partial charge in [0.1, 0.15) is 12.4 Å². The number of ether oxygens (including phenoxy) is 1. The summed E-state index contributed by atoms with van der Waals surface area (Å²) >= 11 is 5.76. The number of nitrogens with zero attached hydrogens (tertiary/aromatic N) is 2. The van der Waals surface area contributed by atoms with E-state index in [2.05, 4.69) is 24.1 Å². The molecular weight excluding hydrogens is 425 g/mol. The van der Waals surface area contributed by atoms with Crippen LogP contribution < -0.4 is 5.32 Å². The fourth-order valence-corrected chi connectivity index (χ4v) is 4.72. The Morgan fingerprint density at radius 3 is 2.53 bits per heavy atom. The van der Waals surface area contributed by atoms with Crippen molar-refractivity contribution >= 4 is 23.4 Å². The molecule has 2 unspecified atom stereocenters. The van der Waals surface area contributed by atoms with Gasteiger partial charge in [-0.15, -0.1) is 0 Å². The highest BCUT2D eigenvalue weighted by Gasteiger charge is 2.40. The van der Waals surface area contributed by atoms with Gasteiger partial charge in [0, 0.05) is 19.6 Å². The van der Waals surface area contributed by atoms with Gasteiger partial charge in [0.15, 0.2) is 5.11 Å². The molecule has 0 bridgehead atoms. The zero-order chi connectivity index (χ0) is 23.1. The van der Waals surface area contributed by atoms with Crippen LogP contribution in [0.25, 0.3) is 0 Å². The summed E-state index contributed by atoms with van der Waals surface area (Å²) in [7, 11) is 0. The highest BCUT2D eigenvalue weighted by Crippen LogP contribution is 2.28. The molecule has 3 rings (SSSR count). The van der Waals surface area contributed by atoms with Crippen molar-refractivity contribution in [2.75, 3.05) is 19.6 Å². The van der Waals surface area contributed by atoms with Crippen LogP contribution in [0.4, 0.5) is 9.18 Å². The molecule has 2 aromatic rings. The highest BCUT2D eigenvalue weighted by molar-refractivity contribution is 7.80. The maximum atomic E-state index is 13.2. The normalized spacial score (nSPS) is 19.4. The van der Waals surface area contributed by atoms with Crippen LogP contribution in [0.1, 0.15) is 50.8 Å². The number of hydrogen-bond acceptors (Lipinski definition) is 3. The Morgan fingerprint density at radius 1 is 1.19 bits per heavy atom. The van der Waals surface area contributed by atoms with Crippen LogP contribution in [0, 0.1) is 5.82 Å². The van der Waals surface area contributed by atoms with E-state index < -0.39 is 0 Å². The van der Waals surface area contributed by atoms with Crippen molar-refractivity contribution < 1.29 is 13.9 Å². The number of halogens is 1. The summed E-state index contributed by atoms with van der Waals surface area (Å²) < 4.78 is 18.8. The second kappa shape index (κ2) is 10.8. The van der Waals surface area contributed by atoms with Crippen LogP contribution in [0.5, 0.6) is 0 Å². The maximum Gasteiger partial charge on any atom is 0.410 e. The fraction of sp³-hybridized carbons (Fsp3) is 0.440. The molecule has 0 aliphatic carbocycles. The monoisotopic (exact) mass is 457 g/mol. The van der Waals surface area contributed by atoms with Gasteiger partial charge in [-0.1, -0.05) is 55.8 Å². The Hall–Kier alpha value is -2.67. The number of rotatable bonds is 6. The van der Waals surface area contributed by atoms with Crippen LogP contribution in [-0.4, -0.2) is 46.2 Å². The van der Waals surface area contributed by atoms with E-state index in [0.717, 1.165) is 24.0 Å². The first-order valence-corrected chi connectivity index (χ1v) is 11.5. The Labute approximate surface area is 195 Å². The first-order chi connectivity index (χ1) is 15.3. The number of carbonyl (C=O) groups excluding carboxylic acids is 1. The third-order valence-corrected chi connectivity index (χ3v) is 6.32. The molecule has 1 aliphatic heterocycles. The van der Waals surface area contributed by atoms with Gasteiger partial charge in [-0.2, -0.15) is 0 Å². The van der Waals surface area contributed by atoms with E-state index in [1.807, 2.05) is 37.3 Å². The Bertz CT molecular complexity index is 909. The summed E-state index contributed by atoms with van der Waals surface area (Å²) in [4.78, 5) is 16.7. The van der Waals surface area contributed by atoms with Gasteiger partial charge < -0.3 is 19.9 Å². The van der Waals surface area contributed by atoms with Crippen LogP contribution in [0.15, 0.2) is 54.6 Å². The first-order valence-electron chi connectivity index (χ1n) is 11.1. The molecule has 5 nitrogen and oxygen atoms in total.